The van der Waals surface area contributed by atoms with Crippen molar-refractivity contribution in [3.63, 3.8) is 0 Å². The van der Waals surface area contributed by atoms with Gasteiger partial charge in [0.05, 0.1) is 13.1 Å². The van der Waals surface area contributed by atoms with Gasteiger partial charge >= 0.3 is 29.6 Å². The third-order valence-electron chi connectivity index (χ3n) is 2.99. The molecule has 1 unspecified atom stereocenters. The Morgan fingerprint density at radius 2 is 1.55 bits per heavy atom. The van der Waals surface area contributed by atoms with Gasteiger partial charge in [-0.3, -0.25) is 0 Å². The summed E-state index contributed by atoms with van der Waals surface area (Å²) >= 11 is 0. The summed E-state index contributed by atoms with van der Waals surface area (Å²) < 4.78 is 5.00. The minimum absolute atomic E-state index is 0. The van der Waals surface area contributed by atoms with Gasteiger partial charge in [0, 0.05) is 0 Å². The molecule has 4 nitrogen and oxygen atoms in total. The molecule has 0 saturated heterocycles. The van der Waals surface area contributed by atoms with E-state index in [0.717, 1.165) is 0 Å². The summed E-state index contributed by atoms with van der Waals surface area (Å²) in [6.07, 6.45) is 0. The monoisotopic (exact) mass is 280 g/mol. The first-order valence-corrected chi connectivity index (χ1v) is 5.73. The molecule has 2 aromatic rings. The zero-order chi connectivity index (χ0) is 13.9. The molecule has 1 N–H and O–H groups in total. The van der Waals surface area contributed by atoms with Crippen molar-refractivity contribution in [2.45, 2.75) is 5.60 Å². The largest absolute Gasteiger partial charge is 1.00 e. The van der Waals surface area contributed by atoms with Crippen LogP contribution in [0.5, 0.6) is 5.75 Å². The number of ether oxygens (including phenoxy) is 1. The number of benzene rings is 2. The fourth-order valence-corrected chi connectivity index (χ4v) is 1.91. The van der Waals surface area contributed by atoms with Gasteiger partial charge in [-0.15, -0.1) is 0 Å². The quantitative estimate of drug-likeness (QED) is 0.639. The Kier molecular flexibility index (Phi) is 5.77. The summed E-state index contributed by atoms with van der Waals surface area (Å²) in [6.45, 7) is 0. The minimum atomic E-state index is -2.17. The molecule has 2 rings (SSSR count). The Bertz CT molecular complexity index is 568. The molecule has 0 radical (unpaired) electrons. The van der Waals surface area contributed by atoms with E-state index in [0.29, 0.717) is 5.75 Å². The zero-order valence-corrected chi connectivity index (χ0v) is 13.4. The van der Waals surface area contributed by atoms with Gasteiger partial charge in [0.2, 0.25) is 0 Å². The molecule has 0 spiro atoms. The Hall–Kier alpha value is -1.33. The summed E-state index contributed by atoms with van der Waals surface area (Å²) in [7, 11) is 1.51. The molecule has 20 heavy (non-hydrogen) atoms. The van der Waals surface area contributed by atoms with Crippen molar-refractivity contribution in [3.8, 4) is 5.75 Å². The van der Waals surface area contributed by atoms with Crippen molar-refractivity contribution in [3.05, 3.63) is 65.7 Å². The van der Waals surface area contributed by atoms with Crippen LogP contribution in [0.4, 0.5) is 0 Å². The van der Waals surface area contributed by atoms with Gasteiger partial charge in [0.15, 0.2) is 5.60 Å². The zero-order valence-electron chi connectivity index (χ0n) is 11.4. The predicted molar refractivity (Wildman–Crippen MR) is 67.4 cm³/mol. The van der Waals surface area contributed by atoms with Crippen molar-refractivity contribution in [2.75, 3.05) is 7.11 Å². The van der Waals surface area contributed by atoms with Crippen LogP contribution in [0.25, 0.3) is 0 Å². The van der Waals surface area contributed by atoms with E-state index in [1.165, 1.54) is 19.2 Å². The maximum Gasteiger partial charge on any atom is 1.00 e. The van der Waals surface area contributed by atoms with Crippen LogP contribution in [0.15, 0.2) is 54.6 Å². The summed E-state index contributed by atoms with van der Waals surface area (Å²) in [5.74, 6) is -0.985. The van der Waals surface area contributed by atoms with Gasteiger partial charge in [-0.2, -0.15) is 0 Å². The van der Waals surface area contributed by atoms with E-state index < -0.39 is 11.6 Å². The molecule has 1 atom stereocenters. The second-order valence-corrected chi connectivity index (χ2v) is 4.09. The number of aliphatic hydroxyl groups is 1. The molecule has 0 aromatic heterocycles. The van der Waals surface area contributed by atoms with E-state index in [9.17, 15) is 15.0 Å². The Balaban J connectivity index is 0.00000200. The number of methoxy groups -OCH3 is 1. The van der Waals surface area contributed by atoms with Crippen LogP contribution < -0.4 is 39.4 Å². The van der Waals surface area contributed by atoms with E-state index in [-0.39, 0.29) is 40.7 Å². The number of hydrogen-bond acceptors (Lipinski definition) is 4. The van der Waals surface area contributed by atoms with Gasteiger partial charge in [-0.05, 0) is 23.3 Å². The van der Waals surface area contributed by atoms with Gasteiger partial charge in [0.1, 0.15) is 5.75 Å². The molecular weight excluding hydrogens is 267 g/mol. The van der Waals surface area contributed by atoms with E-state index >= 15 is 0 Å². The summed E-state index contributed by atoms with van der Waals surface area (Å²) in [6, 6.07) is 14.3. The minimum Gasteiger partial charge on any atom is -0.546 e. The molecule has 2 aromatic carbocycles. The van der Waals surface area contributed by atoms with Crippen molar-refractivity contribution < 1.29 is 49.3 Å². The third kappa shape index (κ3) is 3.04. The molecule has 0 aliphatic carbocycles. The summed E-state index contributed by atoms with van der Waals surface area (Å²) in [5.41, 5.74) is -1.70. The van der Waals surface area contributed by atoms with Crippen molar-refractivity contribution >= 4 is 5.97 Å². The van der Waals surface area contributed by atoms with Crippen molar-refractivity contribution in [1.29, 1.82) is 0 Å². The topological polar surface area (TPSA) is 69.6 Å². The Labute approximate surface area is 139 Å². The number of hydrogen-bond donors (Lipinski definition) is 1. The number of carboxylic acids is 1. The van der Waals surface area contributed by atoms with Crippen LogP contribution >= 0.6 is 0 Å². The number of carbonyl (C=O) groups excluding carboxylic acids is 1. The molecule has 0 heterocycles. The second kappa shape index (κ2) is 6.90. The van der Waals surface area contributed by atoms with Gasteiger partial charge < -0.3 is 19.7 Å². The van der Waals surface area contributed by atoms with Gasteiger partial charge in [-0.1, -0.05) is 42.5 Å². The van der Waals surface area contributed by atoms with E-state index in [4.69, 9.17) is 4.74 Å². The maximum atomic E-state index is 11.4. The van der Waals surface area contributed by atoms with E-state index in [1.54, 1.807) is 42.5 Å². The van der Waals surface area contributed by atoms with Crippen LogP contribution in [0.1, 0.15) is 11.1 Å². The molecule has 0 bridgehead atoms. The Morgan fingerprint density at radius 1 is 1.05 bits per heavy atom. The predicted octanol–water partition coefficient (Wildman–Crippen LogP) is -2.31. The fourth-order valence-electron chi connectivity index (χ4n) is 1.91. The van der Waals surface area contributed by atoms with Crippen LogP contribution in [0.2, 0.25) is 0 Å². The van der Waals surface area contributed by atoms with Crippen molar-refractivity contribution in [1.82, 2.24) is 0 Å². The molecule has 5 heteroatoms. The maximum absolute atomic E-state index is 11.4. The first-order valence-electron chi connectivity index (χ1n) is 5.73. The fraction of sp³-hybridized carbons (Fsp3) is 0.133. The molecule has 0 saturated carbocycles. The van der Waals surface area contributed by atoms with E-state index in [2.05, 4.69) is 0 Å². The number of rotatable bonds is 4. The van der Waals surface area contributed by atoms with Crippen LogP contribution in [0, 0.1) is 0 Å². The van der Waals surface area contributed by atoms with Crippen LogP contribution in [0.3, 0.4) is 0 Å². The van der Waals surface area contributed by atoms with Gasteiger partial charge in [0.25, 0.3) is 0 Å². The molecule has 0 aliphatic rings. The Morgan fingerprint density at radius 3 is 2.00 bits per heavy atom. The normalized spacial score (nSPS) is 12.9. The number of aliphatic carboxylic acids is 1. The SMILES string of the molecule is COc1ccc(C(O)(C(=O)[O-])c2ccccc2)cc1.[Na+]. The molecular formula is C15H13NaO4. The van der Waals surface area contributed by atoms with Gasteiger partial charge in [-0.25, -0.2) is 0 Å². The number of carboxylic acid groups (broad SMARTS) is 1. The van der Waals surface area contributed by atoms with E-state index in [1.807, 2.05) is 0 Å². The van der Waals surface area contributed by atoms with Crippen LogP contribution in [-0.4, -0.2) is 18.2 Å². The average Bonchev–Trinajstić information content (AvgIpc) is 2.47. The molecule has 98 valence electrons. The summed E-state index contributed by atoms with van der Waals surface area (Å²) in [5, 5.41) is 21.9. The number of carbonyl (C=O) groups is 1. The standard InChI is InChI=1S/C15H14O4.Na/c1-19-13-9-7-12(8-10-13)15(18,14(16)17)11-5-3-2-4-6-11;/h2-10,18H,1H3,(H,16,17);/q;+1/p-1. The third-order valence-corrected chi connectivity index (χ3v) is 2.99. The first-order chi connectivity index (χ1) is 9.09. The average molecular weight is 280 g/mol. The molecule has 0 amide bonds. The molecule has 0 fully saturated rings. The summed E-state index contributed by atoms with van der Waals surface area (Å²) in [4.78, 5) is 11.4. The van der Waals surface area contributed by atoms with Crippen LogP contribution in [-0.2, 0) is 10.4 Å². The smallest absolute Gasteiger partial charge is 0.546 e. The molecule has 0 aliphatic heterocycles. The second-order valence-electron chi connectivity index (χ2n) is 4.09. The van der Waals surface area contributed by atoms with Crippen molar-refractivity contribution in [2.24, 2.45) is 0 Å². The first kappa shape index (κ1) is 16.7.